The van der Waals surface area contributed by atoms with Crippen molar-refractivity contribution in [1.29, 1.82) is 0 Å². The molecule has 0 atom stereocenters. The van der Waals surface area contributed by atoms with Gasteiger partial charge in [0, 0.05) is 37.6 Å². The summed E-state index contributed by atoms with van der Waals surface area (Å²) < 4.78 is 114. The number of morpholine rings is 2. The van der Waals surface area contributed by atoms with Gasteiger partial charge in [0.1, 0.15) is 5.69 Å². The normalized spacial score (nSPS) is 14.0. The number of benzene rings is 2. The number of aromatic nitrogens is 6. The lowest BCUT2D eigenvalue weighted by molar-refractivity contribution is -0.138. The first-order chi connectivity index (χ1) is 32.2. The van der Waals surface area contributed by atoms with Gasteiger partial charge in [0.2, 0.25) is 11.9 Å². The number of nitrogen functional groups attached to an aromatic ring is 1. The third-order valence-corrected chi connectivity index (χ3v) is 9.21. The smallest absolute Gasteiger partial charge is 0.378 e. The van der Waals surface area contributed by atoms with Gasteiger partial charge in [-0.05, 0) is 60.7 Å². The van der Waals surface area contributed by atoms with Crippen molar-refractivity contribution in [1.82, 2.24) is 29.9 Å². The molecule has 6 N–H and O–H groups in total. The van der Waals surface area contributed by atoms with Crippen molar-refractivity contribution in [2.45, 2.75) is 12.4 Å². The van der Waals surface area contributed by atoms with Gasteiger partial charge in [-0.15, -0.1) is 0 Å². The van der Waals surface area contributed by atoms with Crippen LogP contribution in [0.5, 0.6) is 0 Å². The number of nitrogens with zero attached hydrogens (tertiary/aromatic N) is 9. The number of ether oxygens (including phenoxy) is 2. The van der Waals surface area contributed by atoms with Crippen LogP contribution in [0.3, 0.4) is 0 Å². The molecule has 0 spiro atoms. The fourth-order valence-electron chi connectivity index (χ4n) is 5.97. The Hall–Kier alpha value is -7.64. The van der Waals surface area contributed by atoms with Gasteiger partial charge in [0.05, 0.1) is 85.6 Å². The molecule has 6 heterocycles. The van der Waals surface area contributed by atoms with Gasteiger partial charge in [-0.1, -0.05) is 12.1 Å². The molecular weight excluding hydrogens is 901 g/mol. The van der Waals surface area contributed by atoms with Crippen LogP contribution in [0.4, 0.5) is 81.4 Å². The van der Waals surface area contributed by atoms with Gasteiger partial charge < -0.3 is 29.9 Å². The Morgan fingerprint density at radius 3 is 1.49 bits per heavy atom. The summed E-state index contributed by atoms with van der Waals surface area (Å²) in [4.78, 5) is 37.7. The van der Waals surface area contributed by atoms with Crippen LogP contribution in [-0.2, 0) is 21.8 Å². The Morgan fingerprint density at radius 2 is 1.06 bits per heavy atom. The van der Waals surface area contributed by atoms with E-state index in [4.69, 9.17) is 15.3 Å². The number of carbonyl (C=O) groups is 1. The van der Waals surface area contributed by atoms with E-state index in [1.165, 1.54) is 48.9 Å². The molecule has 4 aromatic heterocycles. The van der Waals surface area contributed by atoms with E-state index >= 15 is 0 Å². The van der Waals surface area contributed by atoms with E-state index in [0.717, 1.165) is 36.7 Å². The molecule has 17 nitrogen and oxygen atoms in total. The Balaban J connectivity index is 0.000000183. The number of pyridine rings is 2. The second-order valence-corrected chi connectivity index (χ2v) is 13.9. The fourth-order valence-corrected chi connectivity index (χ4v) is 5.97. The quantitative estimate of drug-likeness (QED) is 0.0281. The molecule has 2 fully saturated rings. The number of hydrogen-bond donors (Lipinski definition) is 5. The van der Waals surface area contributed by atoms with Crippen LogP contribution in [-0.4, -0.2) is 95.0 Å². The van der Waals surface area contributed by atoms with Crippen molar-refractivity contribution in [2.24, 2.45) is 10.9 Å². The van der Waals surface area contributed by atoms with Gasteiger partial charge in [-0.25, -0.2) is 30.0 Å². The zero-order valence-electron chi connectivity index (χ0n) is 34.9. The van der Waals surface area contributed by atoms with Crippen molar-refractivity contribution in [3.05, 3.63) is 132 Å². The van der Waals surface area contributed by atoms with Crippen LogP contribution < -0.4 is 37.1 Å². The molecular formula is C42H40F8N14O3. The van der Waals surface area contributed by atoms with Crippen LogP contribution in [0.1, 0.15) is 27.3 Å². The number of hydrazone groups is 1. The minimum absolute atomic E-state index is 0.122. The maximum Gasteiger partial charge on any atom is 0.416 e. The SMILES string of the molecule is Fc1cnc(N/N=C\c2ccc(Nc3cccc(C(F)(F)F)c3)cn2)nc1N1CCOCC1.NNc1ncc(F)c(N2CCOCC2)n1.O=Cc1ccc(Nc2cccc(C(F)(F)F)c2)cn1. The highest BCUT2D eigenvalue weighted by Crippen LogP contribution is 2.32. The van der Waals surface area contributed by atoms with Gasteiger partial charge in [-0.2, -0.15) is 41.4 Å². The van der Waals surface area contributed by atoms with Crippen molar-refractivity contribution in [3.8, 4) is 0 Å². The summed E-state index contributed by atoms with van der Waals surface area (Å²) in [7, 11) is 0. The number of aldehydes is 1. The molecule has 0 radical (unpaired) electrons. The molecule has 0 bridgehead atoms. The molecule has 0 unspecified atom stereocenters. The molecule has 25 heteroatoms. The van der Waals surface area contributed by atoms with Crippen molar-refractivity contribution >= 4 is 58.8 Å². The van der Waals surface area contributed by atoms with Gasteiger partial charge in [0.25, 0.3) is 0 Å². The number of hydrogen-bond acceptors (Lipinski definition) is 17. The Labute approximate surface area is 376 Å². The summed E-state index contributed by atoms with van der Waals surface area (Å²) in [6, 6.07) is 16.0. The Bertz CT molecular complexity index is 2560. The summed E-state index contributed by atoms with van der Waals surface area (Å²) in [5, 5.41) is 9.67. The highest BCUT2D eigenvalue weighted by Gasteiger charge is 2.31. The predicted molar refractivity (Wildman–Crippen MR) is 232 cm³/mol. The molecule has 2 saturated heterocycles. The Morgan fingerprint density at radius 1 is 0.597 bits per heavy atom. The van der Waals surface area contributed by atoms with Gasteiger partial charge in [0.15, 0.2) is 29.6 Å². The van der Waals surface area contributed by atoms with E-state index in [9.17, 15) is 39.9 Å². The molecule has 352 valence electrons. The first-order valence-electron chi connectivity index (χ1n) is 19.9. The average molecular weight is 941 g/mol. The van der Waals surface area contributed by atoms with E-state index in [0.29, 0.717) is 87.3 Å². The molecule has 0 amide bonds. The van der Waals surface area contributed by atoms with Crippen molar-refractivity contribution in [2.75, 3.05) is 83.9 Å². The van der Waals surface area contributed by atoms with Gasteiger partial charge in [-0.3, -0.25) is 20.2 Å². The average Bonchev–Trinajstić information content (AvgIpc) is 3.34. The highest BCUT2D eigenvalue weighted by molar-refractivity contribution is 5.78. The highest BCUT2D eigenvalue weighted by atomic mass is 19.4. The van der Waals surface area contributed by atoms with Crippen LogP contribution in [0.2, 0.25) is 0 Å². The topological polar surface area (TPSA) is 206 Å². The summed E-state index contributed by atoms with van der Waals surface area (Å²) in [6.07, 6.45) is -1.77. The number of rotatable bonds is 11. The number of alkyl halides is 6. The summed E-state index contributed by atoms with van der Waals surface area (Å²) >= 11 is 0. The summed E-state index contributed by atoms with van der Waals surface area (Å²) in [5.41, 5.74) is 5.80. The number of carbonyl (C=O) groups excluding carboxylic acids is 1. The molecule has 8 rings (SSSR count). The van der Waals surface area contributed by atoms with E-state index < -0.39 is 35.1 Å². The van der Waals surface area contributed by atoms with Crippen LogP contribution in [0.25, 0.3) is 0 Å². The van der Waals surface area contributed by atoms with Crippen LogP contribution in [0, 0.1) is 11.6 Å². The number of halogens is 8. The van der Waals surface area contributed by atoms with E-state index in [1.54, 1.807) is 28.0 Å². The molecule has 2 aliphatic heterocycles. The molecule has 67 heavy (non-hydrogen) atoms. The number of anilines is 8. The second kappa shape index (κ2) is 23.0. The third kappa shape index (κ3) is 14.7. The Kier molecular flexibility index (Phi) is 16.8. The maximum absolute atomic E-state index is 14.1. The fraction of sp³-hybridized carbons (Fsp3) is 0.238. The van der Waals surface area contributed by atoms with Gasteiger partial charge >= 0.3 is 12.4 Å². The van der Waals surface area contributed by atoms with Crippen LogP contribution >= 0.6 is 0 Å². The number of hydrazine groups is 1. The zero-order valence-corrected chi connectivity index (χ0v) is 34.9. The first-order valence-corrected chi connectivity index (χ1v) is 19.9. The summed E-state index contributed by atoms with van der Waals surface area (Å²) in [6.45, 7) is 4.45. The number of nitrogens with two attached hydrogens (primary N) is 1. The zero-order chi connectivity index (χ0) is 47.8. The molecule has 0 saturated carbocycles. The van der Waals surface area contributed by atoms with E-state index in [1.807, 2.05) is 0 Å². The lowest BCUT2D eigenvalue weighted by atomic mass is 10.2. The molecule has 2 aromatic carbocycles. The second-order valence-electron chi connectivity index (χ2n) is 13.9. The van der Waals surface area contributed by atoms with Crippen molar-refractivity contribution in [3.63, 3.8) is 0 Å². The van der Waals surface area contributed by atoms with Crippen LogP contribution in [0.15, 0.2) is 103 Å². The molecule has 0 aliphatic carbocycles. The third-order valence-electron chi connectivity index (χ3n) is 9.21. The monoisotopic (exact) mass is 940 g/mol. The predicted octanol–water partition coefficient (Wildman–Crippen LogP) is 7.45. The van der Waals surface area contributed by atoms with E-state index in [2.05, 4.69) is 56.5 Å². The number of nitrogens with one attached hydrogen (secondary N) is 4. The minimum Gasteiger partial charge on any atom is -0.378 e. The minimum atomic E-state index is -4.42. The van der Waals surface area contributed by atoms with E-state index in [-0.39, 0.29) is 29.2 Å². The largest absolute Gasteiger partial charge is 0.416 e. The molecule has 6 aromatic rings. The maximum atomic E-state index is 14.1. The lowest BCUT2D eigenvalue weighted by Crippen LogP contribution is -2.37. The summed E-state index contributed by atoms with van der Waals surface area (Å²) in [5.74, 6) is 4.95. The molecule has 2 aliphatic rings. The standard InChI is InChI=1S/C21H19F4N7O.C13H9F3N2O.C8H12FN5O/c22-18-13-27-20(30-19(18)32-6-8-33-9-7-32)31-28-12-16-4-5-17(11-26-16)29-15-3-1-2-14(10-15)21(23,24)25;14-13(15,16)9-2-1-3-10(6-9)18-11-4-5-12(8-19)17-7-11;9-6-5-11-8(13-10)12-7(6)14-1-3-15-4-2-14/h1-5,10-13,29H,6-9H2,(H,27,30,31);1-8,18H;5H,1-4,10H2,(H,11,12,13)/b28-12-;;. The first kappa shape index (κ1) is 48.8. The lowest BCUT2D eigenvalue weighted by Gasteiger charge is -2.27. The van der Waals surface area contributed by atoms with Crippen molar-refractivity contribution < 1.29 is 49.4 Å².